The largest absolute Gasteiger partial charge is 0.454 e. The van der Waals surface area contributed by atoms with Crippen molar-refractivity contribution < 1.29 is 17.6 Å². The van der Waals surface area contributed by atoms with Crippen LogP contribution in [0.2, 0.25) is 0 Å². The minimum atomic E-state index is -1.66. The Morgan fingerprint density at radius 1 is 1.00 bits per heavy atom. The molecule has 0 saturated heterocycles. The van der Waals surface area contributed by atoms with Gasteiger partial charge in [-0.2, -0.15) is 5.26 Å². The molecule has 1 heterocycles. The number of hydrogen-bond acceptors (Lipinski definition) is 2. The van der Waals surface area contributed by atoms with Crippen molar-refractivity contribution in [3.63, 3.8) is 0 Å². The summed E-state index contributed by atoms with van der Waals surface area (Å²) in [6, 6.07) is 7.80. The van der Waals surface area contributed by atoms with Gasteiger partial charge in [-0.1, -0.05) is 18.2 Å². The van der Waals surface area contributed by atoms with Gasteiger partial charge in [0.2, 0.25) is 0 Å². The molecule has 2 nitrogen and oxygen atoms in total. The predicted octanol–water partition coefficient (Wildman–Crippen LogP) is 3.87. The highest BCUT2D eigenvalue weighted by atomic mass is 19.2. The van der Waals surface area contributed by atoms with Crippen LogP contribution in [0.15, 0.2) is 28.7 Å². The fourth-order valence-corrected chi connectivity index (χ4v) is 1.95. The molecule has 0 N–H and O–H groups in total. The van der Waals surface area contributed by atoms with Crippen molar-refractivity contribution in [1.82, 2.24) is 0 Å². The van der Waals surface area contributed by atoms with E-state index in [4.69, 9.17) is 9.68 Å². The summed E-state index contributed by atoms with van der Waals surface area (Å²) in [5, 5.41) is 8.92. The van der Waals surface area contributed by atoms with Gasteiger partial charge in [0.25, 0.3) is 0 Å². The van der Waals surface area contributed by atoms with Crippen molar-refractivity contribution in [1.29, 1.82) is 5.26 Å². The third kappa shape index (κ3) is 1.17. The van der Waals surface area contributed by atoms with E-state index in [-0.39, 0.29) is 16.6 Å². The second-order valence-electron chi connectivity index (χ2n) is 3.73. The number of benzene rings is 2. The maximum Gasteiger partial charge on any atom is 0.196 e. The number of fused-ring (bicyclic) bond motifs is 3. The molecule has 0 aliphatic heterocycles. The third-order valence-electron chi connectivity index (χ3n) is 2.76. The van der Waals surface area contributed by atoms with Crippen LogP contribution in [0.5, 0.6) is 0 Å². The summed E-state index contributed by atoms with van der Waals surface area (Å²) in [6.07, 6.45) is 0. The first-order chi connectivity index (χ1) is 8.65. The lowest BCUT2D eigenvalue weighted by atomic mass is 10.1. The van der Waals surface area contributed by atoms with Crippen molar-refractivity contribution >= 4 is 21.9 Å². The van der Waals surface area contributed by atoms with E-state index in [1.54, 1.807) is 12.1 Å². The molecule has 1 aromatic heterocycles. The van der Waals surface area contributed by atoms with Crippen LogP contribution in [-0.2, 0) is 0 Å². The summed E-state index contributed by atoms with van der Waals surface area (Å²) in [4.78, 5) is 0. The van der Waals surface area contributed by atoms with Gasteiger partial charge >= 0.3 is 0 Å². The van der Waals surface area contributed by atoms with E-state index in [0.717, 1.165) is 0 Å². The van der Waals surface area contributed by atoms with E-state index < -0.39 is 23.0 Å². The molecule has 88 valence electrons. The fraction of sp³-hybridized carbons (Fsp3) is 0. The predicted molar refractivity (Wildman–Crippen MR) is 58.3 cm³/mol. The lowest BCUT2D eigenvalue weighted by Gasteiger charge is -1.99. The molecule has 0 saturated carbocycles. The molecule has 0 amide bonds. The van der Waals surface area contributed by atoms with Crippen molar-refractivity contribution in [3.8, 4) is 6.07 Å². The minimum Gasteiger partial charge on any atom is -0.454 e. The van der Waals surface area contributed by atoms with Crippen LogP contribution in [0.4, 0.5) is 13.2 Å². The van der Waals surface area contributed by atoms with Gasteiger partial charge in [-0.05, 0) is 6.07 Å². The summed E-state index contributed by atoms with van der Waals surface area (Å²) in [5.41, 5.74) is -0.622. The highest BCUT2D eigenvalue weighted by Gasteiger charge is 2.24. The molecule has 0 radical (unpaired) electrons. The molecule has 0 spiro atoms. The van der Waals surface area contributed by atoms with Crippen molar-refractivity contribution in [3.05, 3.63) is 47.3 Å². The molecule has 5 heteroatoms. The Balaban J connectivity index is 2.69. The summed E-state index contributed by atoms with van der Waals surface area (Å²) in [5.74, 6) is -4.53. The van der Waals surface area contributed by atoms with E-state index in [1.807, 2.05) is 0 Å². The molecule has 0 atom stereocenters. The molecule has 18 heavy (non-hydrogen) atoms. The molecule has 0 unspecified atom stereocenters. The Morgan fingerprint density at radius 2 is 1.72 bits per heavy atom. The smallest absolute Gasteiger partial charge is 0.196 e. The minimum absolute atomic E-state index is 0.207. The fourth-order valence-electron chi connectivity index (χ4n) is 1.95. The van der Waals surface area contributed by atoms with Crippen molar-refractivity contribution in [2.24, 2.45) is 0 Å². The van der Waals surface area contributed by atoms with Gasteiger partial charge in [-0.25, -0.2) is 13.2 Å². The van der Waals surface area contributed by atoms with Gasteiger partial charge in [0.05, 0.1) is 5.39 Å². The van der Waals surface area contributed by atoms with E-state index >= 15 is 0 Å². The zero-order valence-electron chi connectivity index (χ0n) is 8.80. The Bertz CT molecular complexity index is 830. The second kappa shape index (κ2) is 3.50. The summed E-state index contributed by atoms with van der Waals surface area (Å²) in [7, 11) is 0. The van der Waals surface area contributed by atoms with E-state index in [1.165, 1.54) is 18.2 Å². The number of hydrogen-bond donors (Lipinski definition) is 0. The molecular formula is C13H4F3NO. The second-order valence-corrected chi connectivity index (χ2v) is 3.73. The van der Waals surface area contributed by atoms with Crippen molar-refractivity contribution in [2.75, 3.05) is 0 Å². The number of nitriles is 1. The summed E-state index contributed by atoms with van der Waals surface area (Å²) >= 11 is 0. The van der Waals surface area contributed by atoms with Gasteiger partial charge in [0, 0.05) is 5.39 Å². The Hall–Kier alpha value is -2.48. The van der Waals surface area contributed by atoms with Gasteiger partial charge in [0.1, 0.15) is 17.2 Å². The van der Waals surface area contributed by atoms with E-state index in [2.05, 4.69) is 0 Å². The molecule has 3 aromatic rings. The molecule has 3 rings (SSSR count). The first-order valence-electron chi connectivity index (χ1n) is 5.03. The van der Waals surface area contributed by atoms with Gasteiger partial charge in [0.15, 0.2) is 23.0 Å². The average molecular weight is 247 g/mol. The van der Waals surface area contributed by atoms with Crippen molar-refractivity contribution in [2.45, 2.75) is 0 Å². The summed E-state index contributed by atoms with van der Waals surface area (Å²) < 4.78 is 45.8. The number of halogens is 3. The first kappa shape index (κ1) is 10.7. The van der Waals surface area contributed by atoms with Crippen LogP contribution < -0.4 is 0 Å². The maximum absolute atomic E-state index is 13.8. The third-order valence-corrected chi connectivity index (χ3v) is 2.76. The molecule has 0 aliphatic carbocycles. The van der Waals surface area contributed by atoms with Gasteiger partial charge in [-0.3, -0.25) is 0 Å². The van der Waals surface area contributed by atoms with Gasteiger partial charge in [-0.15, -0.1) is 0 Å². The number of para-hydroxylation sites is 1. The number of furan rings is 1. The first-order valence-corrected chi connectivity index (χ1v) is 5.03. The van der Waals surface area contributed by atoms with Crippen LogP contribution >= 0.6 is 0 Å². The van der Waals surface area contributed by atoms with Crippen LogP contribution in [-0.4, -0.2) is 0 Å². The van der Waals surface area contributed by atoms with Crippen LogP contribution in [0.25, 0.3) is 21.9 Å². The zero-order valence-corrected chi connectivity index (χ0v) is 8.80. The lowest BCUT2D eigenvalue weighted by Crippen LogP contribution is -1.96. The quantitative estimate of drug-likeness (QED) is 0.565. The molecule has 0 fully saturated rings. The van der Waals surface area contributed by atoms with Gasteiger partial charge < -0.3 is 4.42 Å². The number of rotatable bonds is 0. The SMILES string of the molecule is N#Cc1c(F)c(F)c(F)c2c1oc1ccccc12. The topological polar surface area (TPSA) is 36.9 Å². The molecule has 0 bridgehead atoms. The number of nitrogens with zero attached hydrogens (tertiary/aromatic N) is 1. The van der Waals surface area contributed by atoms with Crippen LogP contribution in [0.3, 0.4) is 0 Å². The lowest BCUT2D eigenvalue weighted by molar-refractivity contribution is 0.450. The monoisotopic (exact) mass is 247 g/mol. The summed E-state index contributed by atoms with van der Waals surface area (Å²) in [6.45, 7) is 0. The Labute approximate surface area is 98.8 Å². The van der Waals surface area contributed by atoms with E-state index in [0.29, 0.717) is 5.39 Å². The Morgan fingerprint density at radius 3 is 2.44 bits per heavy atom. The highest BCUT2D eigenvalue weighted by molar-refractivity contribution is 6.06. The zero-order chi connectivity index (χ0) is 12.9. The van der Waals surface area contributed by atoms with E-state index in [9.17, 15) is 13.2 Å². The average Bonchev–Trinajstić information content (AvgIpc) is 2.76. The van der Waals surface area contributed by atoms with Crippen LogP contribution in [0, 0.1) is 28.8 Å². The Kier molecular flexibility index (Phi) is 2.08. The molecular weight excluding hydrogens is 243 g/mol. The highest BCUT2D eigenvalue weighted by Crippen LogP contribution is 2.35. The molecule has 2 aromatic carbocycles. The van der Waals surface area contributed by atoms with Crippen LogP contribution in [0.1, 0.15) is 5.56 Å². The standard InChI is InChI=1S/C13H4F3NO/c14-10-7(5-17)13-9(11(15)12(10)16)6-3-1-2-4-8(6)18-13/h1-4H. The molecule has 0 aliphatic rings. The normalized spacial score (nSPS) is 11.0. The maximum atomic E-state index is 13.8.